The molecular formula is C18H28N2. The lowest BCUT2D eigenvalue weighted by atomic mass is 9.75. The van der Waals surface area contributed by atoms with Crippen molar-refractivity contribution in [2.24, 2.45) is 15.9 Å². The number of hydrogen-bond donors (Lipinski definition) is 0. The molecule has 0 saturated heterocycles. The minimum Gasteiger partial charge on any atom is -0.282 e. The van der Waals surface area contributed by atoms with Crippen molar-refractivity contribution in [2.45, 2.75) is 71.9 Å². The molecule has 2 aliphatic rings. The number of fused-ring (bicyclic) bond motifs is 1. The van der Waals surface area contributed by atoms with Gasteiger partial charge in [0.25, 0.3) is 0 Å². The maximum absolute atomic E-state index is 4.99. The molecule has 1 heterocycles. The molecule has 110 valence electrons. The molecule has 0 spiro atoms. The van der Waals surface area contributed by atoms with Gasteiger partial charge in [-0.2, -0.15) is 0 Å². The van der Waals surface area contributed by atoms with Crippen molar-refractivity contribution in [3.63, 3.8) is 0 Å². The minimum absolute atomic E-state index is 0.114. The van der Waals surface area contributed by atoms with Gasteiger partial charge < -0.3 is 0 Å². The van der Waals surface area contributed by atoms with Crippen molar-refractivity contribution < 1.29 is 0 Å². The van der Waals surface area contributed by atoms with Crippen molar-refractivity contribution in [3.05, 3.63) is 23.8 Å². The first kappa shape index (κ1) is 15.2. The van der Waals surface area contributed by atoms with E-state index >= 15 is 0 Å². The van der Waals surface area contributed by atoms with Crippen LogP contribution in [0.1, 0.15) is 60.3 Å². The monoisotopic (exact) mass is 272 g/mol. The molecule has 0 aromatic heterocycles. The molecule has 2 heteroatoms. The summed E-state index contributed by atoms with van der Waals surface area (Å²) in [4.78, 5) is 9.76. The van der Waals surface area contributed by atoms with Crippen LogP contribution in [0.4, 0.5) is 0 Å². The maximum atomic E-state index is 4.99. The van der Waals surface area contributed by atoms with Crippen LogP contribution in [0.25, 0.3) is 0 Å². The van der Waals surface area contributed by atoms with Crippen molar-refractivity contribution in [3.8, 4) is 0 Å². The highest BCUT2D eigenvalue weighted by Gasteiger charge is 2.34. The molecule has 2 nitrogen and oxygen atoms in total. The van der Waals surface area contributed by atoms with E-state index in [0.29, 0.717) is 12.0 Å². The molecule has 20 heavy (non-hydrogen) atoms. The van der Waals surface area contributed by atoms with Gasteiger partial charge in [-0.3, -0.25) is 9.98 Å². The zero-order chi connectivity index (χ0) is 14.8. The Bertz CT molecular complexity index is 482. The van der Waals surface area contributed by atoms with E-state index in [2.05, 4.69) is 52.8 Å². The first-order valence-corrected chi connectivity index (χ1v) is 8.09. The zero-order valence-corrected chi connectivity index (χ0v) is 13.6. The third-order valence-corrected chi connectivity index (χ3v) is 4.74. The number of nitrogens with zero attached hydrogens (tertiary/aromatic N) is 2. The normalized spacial score (nSPS) is 32.6. The number of allylic oxidation sites excluding steroid dienone is 4. The Morgan fingerprint density at radius 3 is 2.70 bits per heavy atom. The summed E-state index contributed by atoms with van der Waals surface area (Å²) in [6.07, 6.45) is 11.1. The highest BCUT2D eigenvalue weighted by Crippen LogP contribution is 2.37. The maximum Gasteiger partial charge on any atom is 0.0617 e. The highest BCUT2D eigenvalue weighted by molar-refractivity contribution is 6.21. The Labute approximate surface area is 123 Å². The third-order valence-electron chi connectivity index (χ3n) is 4.74. The molecule has 0 fully saturated rings. The largest absolute Gasteiger partial charge is 0.282 e. The van der Waals surface area contributed by atoms with Crippen LogP contribution in [0.5, 0.6) is 0 Å². The standard InChI is InChI=1S/C18H28N2/c1-6-13(4)19-15-9-10-17-16(11-15)14(7-2)12-18(5,8-3)20-17/h9-11,13-14H,6-8,12H2,1-5H3. The molecule has 0 aromatic rings. The molecule has 3 unspecified atom stereocenters. The van der Waals surface area contributed by atoms with E-state index in [4.69, 9.17) is 9.98 Å². The van der Waals surface area contributed by atoms with Crippen LogP contribution in [-0.4, -0.2) is 23.0 Å². The van der Waals surface area contributed by atoms with Gasteiger partial charge in [-0.25, -0.2) is 0 Å². The lowest BCUT2D eigenvalue weighted by Crippen LogP contribution is -2.34. The first-order valence-electron chi connectivity index (χ1n) is 8.09. The van der Waals surface area contributed by atoms with Crippen molar-refractivity contribution >= 4 is 11.4 Å². The molecule has 0 bridgehead atoms. The van der Waals surface area contributed by atoms with Crippen molar-refractivity contribution in [1.82, 2.24) is 0 Å². The molecule has 2 rings (SSSR count). The molecule has 1 aliphatic heterocycles. The van der Waals surface area contributed by atoms with Crippen LogP contribution in [0.2, 0.25) is 0 Å². The molecule has 0 saturated carbocycles. The predicted molar refractivity (Wildman–Crippen MR) is 88.9 cm³/mol. The average Bonchev–Trinajstić information content (AvgIpc) is 2.46. The fraction of sp³-hybridized carbons (Fsp3) is 0.667. The molecular weight excluding hydrogens is 244 g/mol. The van der Waals surface area contributed by atoms with E-state index in [9.17, 15) is 0 Å². The van der Waals surface area contributed by atoms with Crippen LogP contribution in [0, 0.1) is 5.92 Å². The van der Waals surface area contributed by atoms with Crippen molar-refractivity contribution in [2.75, 3.05) is 0 Å². The Balaban J connectivity index is 2.36. The van der Waals surface area contributed by atoms with E-state index < -0.39 is 0 Å². The van der Waals surface area contributed by atoms with Crippen LogP contribution >= 0.6 is 0 Å². The summed E-state index contributed by atoms with van der Waals surface area (Å²) >= 11 is 0. The van der Waals surface area contributed by atoms with Crippen LogP contribution in [0.3, 0.4) is 0 Å². The lowest BCUT2D eigenvalue weighted by Gasteiger charge is -2.37. The van der Waals surface area contributed by atoms with Gasteiger partial charge >= 0.3 is 0 Å². The summed E-state index contributed by atoms with van der Waals surface area (Å²) < 4.78 is 0. The quantitative estimate of drug-likeness (QED) is 0.659. The summed E-state index contributed by atoms with van der Waals surface area (Å²) in [6.45, 7) is 11.2. The highest BCUT2D eigenvalue weighted by atomic mass is 14.9. The van der Waals surface area contributed by atoms with Gasteiger partial charge in [0.2, 0.25) is 0 Å². The smallest absolute Gasteiger partial charge is 0.0617 e. The van der Waals surface area contributed by atoms with Gasteiger partial charge in [-0.15, -0.1) is 0 Å². The van der Waals surface area contributed by atoms with E-state index in [1.165, 1.54) is 24.1 Å². The van der Waals surface area contributed by atoms with E-state index in [-0.39, 0.29) is 5.54 Å². The molecule has 0 amide bonds. The number of aliphatic imine (C=N–C) groups is 2. The van der Waals surface area contributed by atoms with Gasteiger partial charge in [0.05, 0.1) is 17.0 Å². The Hall–Kier alpha value is -1.18. The van der Waals surface area contributed by atoms with Gasteiger partial charge in [-0.1, -0.05) is 20.8 Å². The van der Waals surface area contributed by atoms with Gasteiger partial charge in [0.15, 0.2) is 0 Å². The average molecular weight is 272 g/mol. The second kappa shape index (κ2) is 6.07. The molecule has 1 aliphatic carbocycles. The zero-order valence-electron chi connectivity index (χ0n) is 13.6. The van der Waals surface area contributed by atoms with E-state index in [1.54, 1.807) is 0 Å². The second-order valence-electron chi connectivity index (χ2n) is 6.40. The van der Waals surface area contributed by atoms with Gasteiger partial charge in [-0.05, 0) is 69.2 Å². The lowest BCUT2D eigenvalue weighted by molar-refractivity contribution is 0.345. The third kappa shape index (κ3) is 3.11. The van der Waals surface area contributed by atoms with E-state index in [0.717, 1.165) is 18.6 Å². The first-order chi connectivity index (χ1) is 9.51. The van der Waals surface area contributed by atoms with Crippen LogP contribution < -0.4 is 0 Å². The Morgan fingerprint density at radius 2 is 2.10 bits per heavy atom. The van der Waals surface area contributed by atoms with Gasteiger partial charge in [0, 0.05) is 6.04 Å². The summed E-state index contributed by atoms with van der Waals surface area (Å²) in [5, 5.41) is 0. The molecule has 0 N–H and O–H groups in total. The topological polar surface area (TPSA) is 24.7 Å². The molecule has 0 aromatic carbocycles. The molecule has 3 atom stereocenters. The fourth-order valence-electron chi connectivity index (χ4n) is 2.96. The molecule has 0 radical (unpaired) electrons. The summed E-state index contributed by atoms with van der Waals surface area (Å²) in [5.74, 6) is 0.625. The Morgan fingerprint density at radius 1 is 1.35 bits per heavy atom. The van der Waals surface area contributed by atoms with Gasteiger partial charge in [0.1, 0.15) is 0 Å². The van der Waals surface area contributed by atoms with Crippen LogP contribution in [0.15, 0.2) is 33.8 Å². The fourth-order valence-corrected chi connectivity index (χ4v) is 2.96. The summed E-state index contributed by atoms with van der Waals surface area (Å²) in [6, 6.07) is 0.398. The minimum atomic E-state index is 0.114. The Kier molecular flexibility index (Phi) is 4.62. The SMILES string of the molecule is CCC(C)N=C1C=CC2=NC(C)(CC)CC(CC)C2=C1. The second-order valence-corrected chi connectivity index (χ2v) is 6.40. The van der Waals surface area contributed by atoms with Crippen molar-refractivity contribution in [1.29, 1.82) is 0 Å². The number of hydrogen-bond acceptors (Lipinski definition) is 2. The summed E-state index contributed by atoms with van der Waals surface area (Å²) in [5.41, 5.74) is 3.83. The summed E-state index contributed by atoms with van der Waals surface area (Å²) in [7, 11) is 0. The van der Waals surface area contributed by atoms with Crippen LogP contribution in [-0.2, 0) is 0 Å². The number of rotatable bonds is 4. The van der Waals surface area contributed by atoms with E-state index in [1.807, 2.05) is 0 Å². The predicted octanol–water partition coefficient (Wildman–Crippen LogP) is 4.76.